The minimum absolute atomic E-state index is 0.0140. The van der Waals surface area contributed by atoms with Gasteiger partial charge in [-0.15, -0.1) is 0 Å². The quantitative estimate of drug-likeness (QED) is 0.547. The Hall–Kier alpha value is -3.40. The summed E-state index contributed by atoms with van der Waals surface area (Å²) in [6, 6.07) is 20.8. The van der Waals surface area contributed by atoms with E-state index in [0.717, 1.165) is 10.8 Å². The van der Waals surface area contributed by atoms with Crippen LogP contribution in [-0.4, -0.2) is 15.1 Å². The lowest BCUT2D eigenvalue weighted by atomic mass is 10.0. The molecular weight excluding hydrogens is 300 g/mol. The Morgan fingerprint density at radius 1 is 0.958 bits per heavy atom. The van der Waals surface area contributed by atoms with Crippen molar-refractivity contribution in [2.75, 3.05) is 0 Å². The molecule has 0 bridgehead atoms. The summed E-state index contributed by atoms with van der Waals surface area (Å²) in [6.45, 7) is 0. The highest BCUT2D eigenvalue weighted by molar-refractivity contribution is 5.95. The largest absolute Gasteiger partial charge is 0.507 e. The molecule has 0 spiro atoms. The van der Waals surface area contributed by atoms with E-state index < -0.39 is 0 Å². The van der Waals surface area contributed by atoms with E-state index in [1.54, 1.807) is 6.07 Å². The summed E-state index contributed by atoms with van der Waals surface area (Å²) in [5, 5.41) is 12.5. The van der Waals surface area contributed by atoms with E-state index in [1.165, 1.54) is 6.08 Å². The molecule has 4 rings (SSSR count). The van der Waals surface area contributed by atoms with Crippen molar-refractivity contribution in [3.8, 4) is 0 Å². The molecule has 116 valence electrons. The second-order valence-electron chi connectivity index (χ2n) is 5.52. The Morgan fingerprint density at radius 3 is 2.62 bits per heavy atom. The van der Waals surface area contributed by atoms with Gasteiger partial charge in [-0.25, -0.2) is 4.98 Å². The molecule has 24 heavy (non-hydrogen) atoms. The molecule has 1 aromatic heterocycles. The van der Waals surface area contributed by atoms with Gasteiger partial charge in [0, 0.05) is 11.6 Å². The standard InChI is InChI=1S/C20H14N2O2/c23-19(15-9-5-7-13-6-1-2-8-14(13)15)12-18-20(24)22-17-11-4-3-10-16(17)21-18/h1-12,23H,(H,22,24)/b19-12-. The number of para-hydroxylation sites is 2. The van der Waals surface area contributed by atoms with Gasteiger partial charge in [0.1, 0.15) is 11.5 Å². The number of aliphatic hydroxyl groups is 1. The lowest BCUT2D eigenvalue weighted by Crippen LogP contribution is -2.12. The number of nitrogens with zero attached hydrogens (tertiary/aromatic N) is 1. The van der Waals surface area contributed by atoms with E-state index >= 15 is 0 Å². The molecule has 0 aliphatic heterocycles. The highest BCUT2D eigenvalue weighted by Crippen LogP contribution is 2.24. The molecule has 0 saturated heterocycles. The molecule has 0 amide bonds. The smallest absolute Gasteiger partial charge is 0.274 e. The number of benzene rings is 3. The number of aromatic amines is 1. The van der Waals surface area contributed by atoms with Crippen molar-refractivity contribution in [3.05, 3.63) is 88.3 Å². The number of fused-ring (bicyclic) bond motifs is 2. The predicted molar refractivity (Wildman–Crippen MR) is 96.8 cm³/mol. The van der Waals surface area contributed by atoms with Crippen LogP contribution in [0.25, 0.3) is 33.6 Å². The third-order valence-electron chi connectivity index (χ3n) is 3.96. The molecule has 4 aromatic rings. The lowest BCUT2D eigenvalue weighted by molar-refractivity contribution is 0.516. The van der Waals surface area contributed by atoms with Gasteiger partial charge in [-0.2, -0.15) is 0 Å². The average molecular weight is 314 g/mol. The third kappa shape index (κ3) is 2.44. The summed E-state index contributed by atoms with van der Waals surface area (Å²) in [5.74, 6) is 0.0140. The fourth-order valence-corrected chi connectivity index (χ4v) is 2.80. The first kappa shape index (κ1) is 14.2. The lowest BCUT2D eigenvalue weighted by Gasteiger charge is -2.06. The Labute approximate surface area is 137 Å². The van der Waals surface area contributed by atoms with Crippen LogP contribution in [0.1, 0.15) is 11.3 Å². The summed E-state index contributed by atoms with van der Waals surface area (Å²) in [4.78, 5) is 19.3. The van der Waals surface area contributed by atoms with E-state index in [9.17, 15) is 9.90 Å². The van der Waals surface area contributed by atoms with Crippen LogP contribution in [0.5, 0.6) is 0 Å². The number of aromatic nitrogens is 2. The molecule has 0 saturated carbocycles. The van der Waals surface area contributed by atoms with Crippen LogP contribution in [0.4, 0.5) is 0 Å². The third-order valence-corrected chi connectivity index (χ3v) is 3.96. The number of aliphatic hydroxyl groups excluding tert-OH is 1. The van der Waals surface area contributed by atoms with E-state index in [-0.39, 0.29) is 17.0 Å². The van der Waals surface area contributed by atoms with Crippen LogP contribution in [-0.2, 0) is 0 Å². The summed E-state index contributed by atoms with van der Waals surface area (Å²) in [6.07, 6.45) is 1.41. The first-order valence-electron chi connectivity index (χ1n) is 7.60. The molecule has 0 aliphatic rings. The molecule has 0 atom stereocenters. The van der Waals surface area contributed by atoms with Crippen LogP contribution in [0.15, 0.2) is 71.5 Å². The number of H-pyrrole nitrogens is 1. The van der Waals surface area contributed by atoms with Gasteiger partial charge in [-0.3, -0.25) is 4.79 Å². The second kappa shape index (κ2) is 5.66. The zero-order valence-electron chi connectivity index (χ0n) is 12.7. The maximum absolute atomic E-state index is 12.2. The first-order valence-corrected chi connectivity index (χ1v) is 7.60. The highest BCUT2D eigenvalue weighted by atomic mass is 16.3. The number of hydrogen-bond donors (Lipinski definition) is 2. The van der Waals surface area contributed by atoms with Crippen LogP contribution in [0.2, 0.25) is 0 Å². The number of hydrogen-bond acceptors (Lipinski definition) is 3. The fraction of sp³-hybridized carbons (Fsp3) is 0. The summed E-state index contributed by atoms with van der Waals surface area (Å²) in [7, 11) is 0. The van der Waals surface area contributed by atoms with Gasteiger partial charge in [-0.1, -0.05) is 54.6 Å². The summed E-state index contributed by atoms with van der Waals surface area (Å²) >= 11 is 0. The Balaban J connectivity index is 1.88. The number of nitrogens with one attached hydrogen (secondary N) is 1. The molecular formula is C20H14N2O2. The average Bonchev–Trinajstić information content (AvgIpc) is 2.62. The van der Waals surface area contributed by atoms with Crippen molar-refractivity contribution in [1.29, 1.82) is 0 Å². The zero-order chi connectivity index (χ0) is 16.5. The zero-order valence-corrected chi connectivity index (χ0v) is 12.7. The van der Waals surface area contributed by atoms with Gasteiger partial charge in [0.2, 0.25) is 0 Å². The predicted octanol–water partition coefficient (Wildman–Crippen LogP) is 4.13. The number of rotatable bonds is 2. The minimum Gasteiger partial charge on any atom is -0.507 e. The Bertz CT molecular complexity index is 1140. The van der Waals surface area contributed by atoms with Gasteiger partial charge in [0.15, 0.2) is 0 Å². The van der Waals surface area contributed by atoms with Crippen LogP contribution < -0.4 is 5.56 Å². The molecule has 1 heterocycles. The molecule has 4 heteroatoms. The van der Waals surface area contributed by atoms with Gasteiger partial charge in [-0.05, 0) is 22.9 Å². The Morgan fingerprint density at radius 2 is 1.71 bits per heavy atom. The van der Waals surface area contributed by atoms with E-state index in [0.29, 0.717) is 16.6 Å². The van der Waals surface area contributed by atoms with Crippen molar-refractivity contribution in [2.24, 2.45) is 0 Å². The molecule has 4 nitrogen and oxygen atoms in total. The molecule has 0 fully saturated rings. The highest BCUT2D eigenvalue weighted by Gasteiger charge is 2.08. The van der Waals surface area contributed by atoms with Gasteiger partial charge >= 0.3 is 0 Å². The minimum atomic E-state index is -0.333. The van der Waals surface area contributed by atoms with Gasteiger partial charge < -0.3 is 10.1 Å². The van der Waals surface area contributed by atoms with Crippen molar-refractivity contribution < 1.29 is 5.11 Å². The molecule has 0 unspecified atom stereocenters. The SMILES string of the molecule is O=c1[nH]c2ccccc2nc1/C=C(\O)c1cccc2ccccc12. The first-order chi connectivity index (χ1) is 11.7. The molecule has 0 radical (unpaired) electrons. The fourth-order valence-electron chi connectivity index (χ4n) is 2.80. The van der Waals surface area contributed by atoms with Crippen molar-refractivity contribution >= 4 is 33.6 Å². The van der Waals surface area contributed by atoms with E-state index in [2.05, 4.69) is 9.97 Å². The monoisotopic (exact) mass is 314 g/mol. The van der Waals surface area contributed by atoms with Crippen molar-refractivity contribution in [3.63, 3.8) is 0 Å². The molecule has 2 N–H and O–H groups in total. The van der Waals surface area contributed by atoms with Crippen molar-refractivity contribution in [2.45, 2.75) is 0 Å². The normalized spacial score (nSPS) is 11.9. The van der Waals surface area contributed by atoms with Crippen LogP contribution >= 0.6 is 0 Å². The topological polar surface area (TPSA) is 66.0 Å². The second-order valence-corrected chi connectivity index (χ2v) is 5.52. The Kier molecular flexibility index (Phi) is 3.35. The van der Waals surface area contributed by atoms with Crippen LogP contribution in [0.3, 0.4) is 0 Å². The molecule has 3 aromatic carbocycles. The van der Waals surface area contributed by atoms with Crippen molar-refractivity contribution in [1.82, 2.24) is 9.97 Å². The maximum Gasteiger partial charge on any atom is 0.274 e. The summed E-state index contributed by atoms with van der Waals surface area (Å²) < 4.78 is 0. The summed E-state index contributed by atoms with van der Waals surface area (Å²) in [5.41, 5.74) is 1.86. The maximum atomic E-state index is 12.2. The van der Waals surface area contributed by atoms with Gasteiger partial charge in [0.05, 0.1) is 11.0 Å². The van der Waals surface area contributed by atoms with Gasteiger partial charge in [0.25, 0.3) is 5.56 Å². The van der Waals surface area contributed by atoms with E-state index in [1.807, 2.05) is 60.7 Å². The molecule has 0 aliphatic carbocycles. The van der Waals surface area contributed by atoms with Crippen LogP contribution in [0, 0.1) is 0 Å². The van der Waals surface area contributed by atoms with E-state index in [4.69, 9.17) is 0 Å².